The maximum Gasteiger partial charge on any atom is 0.347 e. The molecule has 0 spiro atoms. The van der Waals surface area contributed by atoms with Crippen molar-refractivity contribution in [2.45, 2.75) is 13.0 Å². The fourth-order valence-corrected chi connectivity index (χ4v) is 1.17. The van der Waals surface area contributed by atoms with Crippen LogP contribution >= 0.6 is 0 Å². The Bertz CT molecular complexity index is 367. The maximum absolute atomic E-state index is 11.5. The number of esters is 1. The second kappa shape index (κ2) is 6.75. The van der Waals surface area contributed by atoms with Crippen LogP contribution in [0.4, 0.5) is 5.69 Å². The third kappa shape index (κ3) is 4.32. The molecule has 0 fully saturated rings. The average Bonchev–Trinajstić information content (AvgIpc) is 2.32. The molecule has 5 heteroatoms. The number of hydrogen-bond acceptors (Lipinski definition) is 5. The van der Waals surface area contributed by atoms with E-state index in [4.69, 9.17) is 19.9 Å². The van der Waals surface area contributed by atoms with Gasteiger partial charge in [0.25, 0.3) is 0 Å². The van der Waals surface area contributed by atoms with Crippen LogP contribution in [0.3, 0.4) is 0 Å². The Morgan fingerprint density at radius 1 is 1.35 bits per heavy atom. The SMILES string of the molecule is COCCOC(=O)C(C)Oc1ccccc1N. The zero-order valence-corrected chi connectivity index (χ0v) is 10.0. The molecule has 5 nitrogen and oxygen atoms in total. The second-order valence-corrected chi connectivity index (χ2v) is 3.46. The lowest BCUT2D eigenvalue weighted by molar-refractivity contribution is -0.152. The van der Waals surface area contributed by atoms with Gasteiger partial charge in [0, 0.05) is 7.11 Å². The third-order valence-electron chi connectivity index (χ3n) is 2.09. The summed E-state index contributed by atoms with van der Waals surface area (Å²) in [5.41, 5.74) is 6.18. The minimum absolute atomic E-state index is 0.216. The molecule has 1 atom stereocenters. The molecule has 2 N–H and O–H groups in total. The molecule has 0 saturated heterocycles. The monoisotopic (exact) mass is 239 g/mol. The molecule has 0 aliphatic heterocycles. The van der Waals surface area contributed by atoms with E-state index in [1.54, 1.807) is 38.3 Å². The van der Waals surface area contributed by atoms with E-state index in [1.165, 1.54) is 0 Å². The number of methoxy groups -OCH3 is 1. The van der Waals surface area contributed by atoms with E-state index < -0.39 is 12.1 Å². The Morgan fingerprint density at radius 2 is 2.06 bits per heavy atom. The van der Waals surface area contributed by atoms with Gasteiger partial charge in [-0.3, -0.25) is 0 Å². The summed E-state index contributed by atoms with van der Waals surface area (Å²) in [5.74, 6) is 0.0361. The van der Waals surface area contributed by atoms with Crippen LogP contribution in [0.2, 0.25) is 0 Å². The number of rotatable bonds is 6. The van der Waals surface area contributed by atoms with Crippen LogP contribution in [0.25, 0.3) is 0 Å². The number of ether oxygens (including phenoxy) is 3. The van der Waals surface area contributed by atoms with Gasteiger partial charge in [-0.2, -0.15) is 0 Å². The van der Waals surface area contributed by atoms with Crippen LogP contribution < -0.4 is 10.5 Å². The predicted molar refractivity (Wildman–Crippen MR) is 63.8 cm³/mol. The maximum atomic E-state index is 11.5. The minimum Gasteiger partial charge on any atom is -0.477 e. The van der Waals surface area contributed by atoms with E-state index in [0.717, 1.165) is 0 Å². The molecule has 0 radical (unpaired) electrons. The van der Waals surface area contributed by atoms with E-state index in [9.17, 15) is 4.79 Å². The van der Waals surface area contributed by atoms with E-state index in [0.29, 0.717) is 18.0 Å². The summed E-state index contributed by atoms with van der Waals surface area (Å²) in [7, 11) is 1.54. The Hall–Kier alpha value is -1.75. The molecule has 1 aromatic carbocycles. The van der Waals surface area contributed by atoms with Crippen LogP contribution in [-0.2, 0) is 14.3 Å². The minimum atomic E-state index is -0.698. The van der Waals surface area contributed by atoms with Crippen molar-refractivity contribution in [3.8, 4) is 5.75 Å². The van der Waals surface area contributed by atoms with Gasteiger partial charge in [-0.1, -0.05) is 12.1 Å². The van der Waals surface area contributed by atoms with Gasteiger partial charge in [-0.05, 0) is 19.1 Å². The van der Waals surface area contributed by atoms with Crippen molar-refractivity contribution < 1.29 is 19.0 Å². The van der Waals surface area contributed by atoms with Crippen LogP contribution in [0.1, 0.15) is 6.92 Å². The van der Waals surface area contributed by atoms with E-state index >= 15 is 0 Å². The molecular weight excluding hydrogens is 222 g/mol. The molecule has 0 aliphatic rings. The molecule has 0 bridgehead atoms. The molecule has 94 valence electrons. The number of nitrogen functional groups attached to an aromatic ring is 1. The molecule has 0 amide bonds. The van der Waals surface area contributed by atoms with Gasteiger partial charge < -0.3 is 19.9 Å². The number of carbonyl (C=O) groups is 1. The average molecular weight is 239 g/mol. The quantitative estimate of drug-likeness (QED) is 0.459. The summed E-state index contributed by atoms with van der Waals surface area (Å²) in [4.78, 5) is 11.5. The van der Waals surface area contributed by atoms with Crippen LogP contribution in [0.15, 0.2) is 24.3 Å². The van der Waals surface area contributed by atoms with Gasteiger partial charge in [0.15, 0.2) is 6.10 Å². The molecule has 1 rings (SSSR count). The molecule has 0 aromatic heterocycles. The molecule has 1 aromatic rings. The van der Waals surface area contributed by atoms with Crippen molar-refractivity contribution in [2.24, 2.45) is 0 Å². The number of nitrogens with two attached hydrogens (primary N) is 1. The highest BCUT2D eigenvalue weighted by Crippen LogP contribution is 2.21. The molecular formula is C12H17NO4. The van der Waals surface area contributed by atoms with Crippen LogP contribution in [-0.4, -0.2) is 32.4 Å². The van der Waals surface area contributed by atoms with Gasteiger partial charge in [0.1, 0.15) is 12.4 Å². The lowest BCUT2D eigenvalue weighted by Crippen LogP contribution is -2.27. The molecule has 1 unspecified atom stereocenters. The third-order valence-corrected chi connectivity index (χ3v) is 2.09. The zero-order chi connectivity index (χ0) is 12.7. The van der Waals surface area contributed by atoms with E-state index in [2.05, 4.69) is 0 Å². The fraction of sp³-hybridized carbons (Fsp3) is 0.417. The first-order valence-corrected chi connectivity index (χ1v) is 5.32. The normalized spacial score (nSPS) is 11.9. The Morgan fingerprint density at radius 3 is 2.71 bits per heavy atom. The summed E-state index contributed by atoms with van der Waals surface area (Å²) >= 11 is 0. The first-order valence-electron chi connectivity index (χ1n) is 5.32. The van der Waals surface area contributed by atoms with Crippen LogP contribution in [0, 0.1) is 0 Å². The fourth-order valence-electron chi connectivity index (χ4n) is 1.17. The number of hydrogen-bond donors (Lipinski definition) is 1. The standard InChI is InChI=1S/C12H17NO4/c1-9(12(14)16-8-7-15-2)17-11-6-4-3-5-10(11)13/h3-6,9H,7-8,13H2,1-2H3. The summed E-state index contributed by atoms with van der Waals surface area (Å²) in [5, 5.41) is 0. The van der Waals surface area contributed by atoms with Gasteiger partial charge >= 0.3 is 5.97 Å². The highest BCUT2D eigenvalue weighted by atomic mass is 16.6. The smallest absolute Gasteiger partial charge is 0.347 e. The lowest BCUT2D eigenvalue weighted by Gasteiger charge is -2.15. The van der Waals surface area contributed by atoms with Gasteiger partial charge in [0.2, 0.25) is 0 Å². The molecule has 0 aliphatic carbocycles. The van der Waals surface area contributed by atoms with Crippen molar-refractivity contribution in [3.05, 3.63) is 24.3 Å². The van der Waals surface area contributed by atoms with Gasteiger partial charge in [-0.25, -0.2) is 4.79 Å². The Kier molecular flexibility index (Phi) is 5.29. The van der Waals surface area contributed by atoms with Crippen molar-refractivity contribution in [1.82, 2.24) is 0 Å². The van der Waals surface area contributed by atoms with Crippen LogP contribution in [0.5, 0.6) is 5.75 Å². The van der Waals surface area contributed by atoms with Crippen molar-refractivity contribution >= 4 is 11.7 Å². The molecule has 17 heavy (non-hydrogen) atoms. The topological polar surface area (TPSA) is 70.8 Å². The first-order chi connectivity index (χ1) is 8.15. The van der Waals surface area contributed by atoms with E-state index in [1.807, 2.05) is 0 Å². The van der Waals surface area contributed by atoms with Gasteiger partial charge in [0.05, 0.1) is 12.3 Å². The Labute approximate surface area is 100 Å². The number of anilines is 1. The van der Waals surface area contributed by atoms with Gasteiger partial charge in [-0.15, -0.1) is 0 Å². The Balaban J connectivity index is 2.46. The van der Waals surface area contributed by atoms with E-state index in [-0.39, 0.29) is 6.61 Å². The summed E-state index contributed by atoms with van der Waals surface area (Å²) in [6, 6.07) is 6.99. The molecule has 0 heterocycles. The van der Waals surface area contributed by atoms with Crippen molar-refractivity contribution in [2.75, 3.05) is 26.1 Å². The zero-order valence-electron chi connectivity index (χ0n) is 10.0. The summed E-state index contributed by atoms with van der Waals surface area (Å²) < 4.78 is 15.1. The number of benzene rings is 1. The summed E-state index contributed by atoms with van der Waals surface area (Å²) in [6.07, 6.45) is -0.698. The lowest BCUT2D eigenvalue weighted by atomic mass is 10.3. The number of carbonyl (C=O) groups excluding carboxylic acids is 1. The highest BCUT2D eigenvalue weighted by Gasteiger charge is 2.16. The van der Waals surface area contributed by atoms with Crippen molar-refractivity contribution in [1.29, 1.82) is 0 Å². The summed E-state index contributed by atoms with van der Waals surface area (Å²) in [6.45, 7) is 2.20. The largest absolute Gasteiger partial charge is 0.477 e. The second-order valence-electron chi connectivity index (χ2n) is 3.46. The molecule has 0 saturated carbocycles. The highest BCUT2D eigenvalue weighted by molar-refractivity contribution is 5.75. The van der Waals surface area contributed by atoms with Crippen molar-refractivity contribution in [3.63, 3.8) is 0 Å². The number of para-hydroxylation sites is 2. The first kappa shape index (κ1) is 13.3. The predicted octanol–water partition coefficient (Wildman–Crippen LogP) is 1.23.